The predicted molar refractivity (Wildman–Crippen MR) is 525 cm³/mol. The van der Waals surface area contributed by atoms with Gasteiger partial charge in [-0.1, -0.05) is 50.2 Å². The van der Waals surface area contributed by atoms with Gasteiger partial charge in [-0.25, -0.2) is 0 Å². The Hall–Kier alpha value is -8.77. The number of aryl methyl sites for hydroxylation is 1. The minimum Gasteiger partial charge on any atom is -0.394 e. The molecule has 17 N–H and O–H groups in total. The quantitative estimate of drug-likeness (QED) is 0.0159. The topological polar surface area (TPSA) is 661 Å². The van der Waals surface area contributed by atoms with Crippen LogP contribution in [-0.4, -0.2) is 436 Å². The van der Waals surface area contributed by atoms with Gasteiger partial charge in [0, 0.05) is 139 Å². The molecule has 4 saturated heterocycles. The fourth-order valence-corrected chi connectivity index (χ4v) is 17.4. The van der Waals surface area contributed by atoms with Gasteiger partial charge in [-0.05, 0) is 68.9 Å². The maximum absolute atomic E-state index is 14.3. The number of rotatable bonds is 75. The Kier molecular flexibility index (Phi) is 54.9. The SMILES string of the molecule is CC[C@H]1O[C@@H](OCCOCCOCCNC(=O)CCOCC(COCCC(=O)NCCOCCOCCOC2O[C@H](CO)[C@H](O)[C@H](O)[C@H]2C)(COCCC(=O)NCCOCCOCCO[C@@H]2O[C@H](CO)[C@H](O)[C@H](O)[C@H]2NC(C)=O)CC(=O)CNC(=O)CCC(=O)NCCCOCCOCCOCCCNC(=O)[C@H]2CCCN(c3cc(Nc4ccc(S(=O)(=O)O)cc4C)c4c5c(onc35)-c3ccccc3C4=O)C2)[C@H](C)[C@@H](O)[C@H]1O. The number of aliphatic hydroxyl groups excluding tert-OH is 8. The number of nitrogens with zero attached hydrogens (tertiary/aromatic N) is 2. The van der Waals surface area contributed by atoms with Crippen molar-refractivity contribution in [3.05, 3.63) is 65.2 Å². The van der Waals surface area contributed by atoms with Crippen LogP contribution in [-0.2, 0) is 134 Å². The number of anilines is 3. The highest BCUT2D eigenvalue weighted by Gasteiger charge is 2.48. The summed E-state index contributed by atoms with van der Waals surface area (Å²) in [6.45, 7) is 10.8. The second-order valence-corrected chi connectivity index (χ2v) is 37.9. The molecule has 17 atom stereocenters. The predicted octanol–water partition coefficient (Wildman–Crippen LogP) is -1.31. The maximum atomic E-state index is 14.3. The number of carbonyl (C=O) groups is 9. The molecule has 148 heavy (non-hydrogen) atoms. The Labute approximate surface area is 860 Å². The Morgan fingerprint density at radius 3 is 1.43 bits per heavy atom. The van der Waals surface area contributed by atoms with Gasteiger partial charge in [-0.2, -0.15) is 8.42 Å². The van der Waals surface area contributed by atoms with Crippen molar-refractivity contribution < 1.29 is 187 Å². The minimum absolute atomic E-state index is 0.0392. The van der Waals surface area contributed by atoms with Crippen LogP contribution in [0, 0.1) is 30.1 Å². The molecule has 4 fully saturated rings. The number of benzene rings is 3. The summed E-state index contributed by atoms with van der Waals surface area (Å²) in [5.41, 5.74) is 2.52. The number of aromatic nitrogens is 1. The number of ether oxygens (including phenoxy) is 18. The molecule has 7 amide bonds. The minimum atomic E-state index is -4.48. The lowest BCUT2D eigenvalue weighted by Gasteiger charge is -2.42. The second-order valence-electron chi connectivity index (χ2n) is 36.5. The fraction of sp³-hybridized carbons (Fsp3) is 0.714. The van der Waals surface area contributed by atoms with Crippen LogP contribution in [0.4, 0.5) is 17.1 Å². The van der Waals surface area contributed by atoms with Gasteiger partial charge >= 0.3 is 0 Å². The number of carbonyl (C=O) groups excluding carboxylic acids is 9. The molecule has 834 valence electrons. The molecule has 0 bridgehead atoms. The van der Waals surface area contributed by atoms with E-state index in [1.807, 2.05) is 19.1 Å². The van der Waals surface area contributed by atoms with Gasteiger partial charge in [0.25, 0.3) is 10.1 Å². The lowest BCUT2D eigenvalue weighted by atomic mass is 9.85. The van der Waals surface area contributed by atoms with E-state index in [0.717, 1.165) is 0 Å². The van der Waals surface area contributed by atoms with Gasteiger partial charge in [-0.15, -0.1) is 0 Å². The van der Waals surface area contributed by atoms with E-state index >= 15 is 0 Å². The first-order chi connectivity index (χ1) is 71.3. The highest BCUT2D eigenvalue weighted by molar-refractivity contribution is 7.85. The van der Waals surface area contributed by atoms with Crippen molar-refractivity contribution in [3.63, 3.8) is 0 Å². The molecule has 0 radical (unpaired) electrons. The summed E-state index contributed by atoms with van der Waals surface area (Å²) in [5.74, 6) is -4.63. The Morgan fingerprint density at radius 1 is 0.493 bits per heavy atom. The third-order valence-corrected chi connectivity index (χ3v) is 25.9. The molecular formula is C98H152N10O39S. The maximum Gasteiger partial charge on any atom is 0.294 e. The zero-order chi connectivity index (χ0) is 107. The normalized spacial score (nSPS) is 22.8. The number of hydrogen-bond donors (Lipinski definition) is 17. The third kappa shape index (κ3) is 40.7. The summed E-state index contributed by atoms with van der Waals surface area (Å²) in [4.78, 5) is 121. The van der Waals surface area contributed by atoms with E-state index in [9.17, 15) is 97.0 Å². The van der Waals surface area contributed by atoms with Crippen molar-refractivity contribution in [2.75, 3.05) is 254 Å². The number of nitrogens with one attached hydrogen (secondary N) is 8. The van der Waals surface area contributed by atoms with Crippen molar-refractivity contribution in [2.45, 2.75) is 190 Å². The molecule has 4 aliphatic heterocycles. The smallest absolute Gasteiger partial charge is 0.294 e. The molecule has 4 aromatic rings. The van der Waals surface area contributed by atoms with Gasteiger partial charge < -0.3 is 178 Å². The van der Waals surface area contributed by atoms with Gasteiger partial charge in [0.15, 0.2) is 36.2 Å². The van der Waals surface area contributed by atoms with Crippen LogP contribution in [0.15, 0.2) is 57.9 Å². The molecule has 9 rings (SSSR count). The van der Waals surface area contributed by atoms with Crippen molar-refractivity contribution in [1.82, 2.24) is 42.4 Å². The van der Waals surface area contributed by atoms with Crippen LogP contribution in [0.2, 0.25) is 0 Å². The summed E-state index contributed by atoms with van der Waals surface area (Å²) in [6, 6.07) is 11.9. The van der Waals surface area contributed by atoms with Crippen LogP contribution in [0.1, 0.15) is 120 Å². The van der Waals surface area contributed by atoms with Crippen molar-refractivity contribution >= 4 is 91.0 Å². The van der Waals surface area contributed by atoms with Gasteiger partial charge in [0.2, 0.25) is 41.4 Å². The van der Waals surface area contributed by atoms with E-state index in [1.165, 1.54) is 25.1 Å². The average Bonchev–Trinajstić information content (AvgIpc) is 1.48. The zero-order valence-corrected chi connectivity index (χ0v) is 85.7. The standard InChI is InChI=1S/C98H152N10O39S/c1-6-74-89(121)86(118)63(3)95(144-74)141-49-46-135-43-38-131-33-24-100-79(115)19-30-138-59-98(60-139-31-20-80(116)101-25-34-132-39-44-136-47-50-142-96-64(4)87(119)90(122)75(57-109)145-96,61-140-32-21-81(117)102-26-35-133-40-45-137-48-51-143-97-85(105-65(5)111)92(124)91(123)76(58-110)146-97)54-67(112)55-104-78(114)18-17-77(113)99-22-10-28-129-36-41-134-42-37-130-29-11-23-103-94(125)66-12-9-27-108(56-66)73-53-72(106-71-16-15-68(52-62(71)2)148(126,127)128)82-83-84(73)107-147-93(83)70-14-8-7-13-69(70)88(82)120/h7-8,13-16,52-53,63-64,66,74-76,85-87,89-92,95-97,106,109-110,118-119,121-124H,6,9-12,17-51,54-61H2,1-5H3,(H,99,113)(H,100,115)(H,101,116)(H,102,117)(H,103,125)(H,104,114)(H,105,111)(H,126,127,128)/t63-,64-,66+,74-,75-,76-,85-,86-,87-,89+,90+,91+,92-,95-,96?,97-,98?/m1/s1. The monoisotopic (exact) mass is 2120 g/mol. The van der Waals surface area contributed by atoms with Crippen LogP contribution in [0.25, 0.3) is 22.2 Å². The first-order valence-corrected chi connectivity index (χ1v) is 51.9. The van der Waals surface area contributed by atoms with Gasteiger partial charge in [0.05, 0.1) is 236 Å². The fourth-order valence-electron chi connectivity index (χ4n) is 16.9. The van der Waals surface area contributed by atoms with Gasteiger partial charge in [-0.3, -0.25) is 47.7 Å². The van der Waals surface area contributed by atoms with E-state index in [1.54, 1.807) is 39.0 Å². The molecule has 0 saturated carbocycles. The highest BCUT2D eigenvalue weighted by Crippen LogP contribution is 2.48. The van der Waals surface area contributed by atoms with Crippen molar-refractivity contribution in [2.24, 2.45) is 23.2 Å². The Bertz CT molecular complexity index is 4740. The number of piperidine rings is 1. The van der Waals surface area contributed by atoms with E-state index in [2.05, 4.69) is 52.6 Å². The van der Waals surface area contributed by atoms with Crippen LogP contribution in [0.3, 0.4) is 0 Å². The number of ketones is 2. The lowest BCUT2D eigenvalue weighted by Crippen LogP contribution is -2.64. The Balaban J connectivity index is 0.677. The second kappa shape index (κ2) is 66.2. The molecule has 2 unspecified atom stereocenters. The molecule has 0 spiro atoms. The van der Waals surface area contributed by atoms with Crippen molar-refractivity contribution in [1.29, 1.82) is 0 Å². The molecule has 5 heterocycles. The Morgan fingerprint density at radius 2 is 0.932 bits per heavy atom. The summed E-state index contributed by atoms with van der Waals surface area (Å²) < 4.78 is 143. The van der Waals surface area contributed by atoms with Crippen LogP contribution >= 0.6 is 0 Å². The molecule has 50 heteroatoms. The average molecular weight is 2130 g/mol. The summed E-state index contributed by atoms with van der Waals surface area (Å²) >= 11 is 0. The summed E-state index contributed by atoms with van der Waals surface area (Å²) in [5, 5.41) is 109. The van der Waals surface area contributed by atoms with Crippen LogP contribution in [0.5, 0.6) is 0 Å². The number of fused-ring (bicyclic) bond motifs is 2. The number of amides is 7. The number of Topliss-reactive ketones (excluding diaryl/α,β-unsaturated/α-hetero) is 1. The van der Waals surface area contributed by atoms with E-state index in [4.69, 9.17) is 89.8 Å². The highest BCUT2D eigenvalue weighted by atomic mass is 32.2. The van der Waals surface area contributed by atoms with E-state index in [0.29, 0.717) is 128 Å². The van der Waals surface area contributed by atoms with Crippen LogP contribution < -0.4 is 47.4 Å². The summed E-state index contributed by atoms with van der Waals surface area (Å²) in [7, 11) is -4.48. The van der Waals surface area contributed by atoms with Crippen molar-refractivity contribution in [3.8, 4) is 11.3 Å². The van der Waals surface area contributed by atoms with Gasteiger partial charge in [0.1, 0.15) is 48.2 Å². The first kappa shape index (κ1) is 123. The third-order valence-electron chi connectivity index (χ3n) is 25.1. The molecular weight excluding hydrogens is 1970 g/mol. The van der Waals surface area contributed by atoms with E-state index < -0.39 is 168 Å². The molecule has 3 aromatic carbocycles. The van der Waals surface area contributed by atoms with E-state index in [-0.39, 0.29) is 246 Å². The summed E-state index contributed by atoms with van der Waals surface area (Å²) in [6.07, 6.45) is -11.4. The molecule has 1 aliphatic carbocycles. The first-order valence-electron chi connectivity index (χ1n) is 50.5. The largest absolute Gasteiger partial charge is 0.394 e. The molecule has 5 aliphatic rings. The number of hydrogen-bond acceptors (Lipinski definition) is 41. The molecule has 49 nitrogen and oxygen atoms in total. The number of aliphatic hydroxyl groups is 8. The molecule has 1 aromatic heterocycles. The zero-order valence-electron chi connectivity index (χ0n) is 84.9. The lowest BCUT2D eigenvalue weighted by molar-refractivity contribution is -0.284.